The van der Waals surface area contributed by atoms with E-state index in [1.54, 1.807) is 18.2 Å². The Morgan fingerprint density at radius 3 is 2.63 bits per heavy atom. The molecule has 8 nitrogen and oxygen atoms in total. The highest BCUT2D eigenvalue weighted by Crippen LogP contribution is 2.38. The lowest BCUT2D eigenvalue weighted by Crippen LogP contribution is -2.32. The number of fused-ring (bicyclic) bond motifs is 2. The number of rotatable bonds is 9. The Kier molecular flexibility index (Phi) is 7.76. The fourth-order valence-electron chi connectivity index (χ4n) is 6.34. The minimum absolute atomic E-state index is 0.156. The Morgan fingerprint density at radius 2 is 1.86 bits per heavy atom. The zero-order valence-corrected chi connectivity index (χ0v) is 25.0. The molecule has 2 aromatic carbocycles. The molecule has 7 rings (SSSR count). The second-order valence-electron chi connectivity index (χ2n) is 11.5. The van der Waals surface area contributed by atoms with E-state index >= 15 is 0 Å². The molecule has 0 bridgehead atoms. The van der Waals surface area contributed by atoms with Gasteiger partial charge in [0.1, 0.15) is 18.0 Å². The van der Waals surface area contributed by atoms with Gasteiger partial charge < -0.3 is 23.6 Å². The largest absolute Gasteiger partial charge is 0.478 e. The molecule has 5 aromatic rings. The highest BCUT2D eigenvalue weighted by Gasteiger charge is 2.27. The first-order chi connectivity index (χ1) is 20.9. The molecule has 0 amide bonds. The molecule has 2 fully saturated rings. The van der Waals surface area contributed by atoms with Crippen LogP contribution in [-0.4, -0.2) is 38.3 Å². The second-order valence-corrected chi connectivity index (χ2v) is 12.3. The number of carbonyl (C=O) groups is 1. The summed E-state index contributed by atoms with van der Waals surface area (Å²) in [5.41, 5.74) is 4.52. The van der Waals surface area contributed by atoms with Gasteiger partial charge in [-0.05, 0) is 80.0 Å². The molecule has 222 valence electrons. The number of ether oxygens (including phenoxy) is 2. The molecule has 3 aromatic heterocycles. The number of pyridine rings is 1. The van der Waals surface area contributed by atoms with E-state index in [1.807, 2.05) is 30.3 Å². The molecule has 10 heteroatoms. The minimum atomic E-state index is -0.929. The summed E-state index contributed by atoms with van der Waals surface area (Å²) in [6.45, 7) is 1.78. The zero-order valence-electron chi connectivity index (χ0n) is 23.5. The smallest absolute Gasteiger partial charge is 0.335 e. The van der Waals surface area contributed by atoms with Crippen LogP contribution in [0.15, 0.2) is 59.0 Å². The molecule has 0 spiro atoms. The molecule has 1 aliphatic carbocycles. The lowest BCUT2D eigenvalue weighted by Gasteiger charge is -2.30. The van der Waals surface area contributed by atoms with Crippen LogP contribution in [0, 0.1) is 5.92 Å². The van der Waals surface area contributed by atoms with Gasteiger partial charge in [0.25, 0.3) is 0 Å². The molecule has 1 atom stereocenters. The first-order valence-electron chi connectivity index (χ1n) is 14.7. The Balaban J connectivity index is 1.01. The molecule has 1 aliphatic heterocycles. The van der Waals surface area contributed by atoms with Crippen molar-refractivity contribution >= 4 is 51.2 Å². The third-order valence-corrected chi connectivity index (χ3v) is 9.31. The molecule has 1 N–H and O–H groups in total. The molecular formula is C33H31Cl2N3O5. The summed E-state index contributed by atoms with van der Waals surface area (Å²) in [7, 11) is 0. The molecule has 4 heterocycles. The van der Waals surface area contributed by atoms with Crippen molar-refractivity contribution in [1.29, 1.82) is 0 Å². The van der Waals surface area contributed by atoms with Crippen molar-refractivity contribution in [2.45, 2.75) is 63.7 Å². The molecule has 2 aliphatic rings. The molecule has 0 radical (unpaired) electrons. The summed E-state index contributed by atoms with van der Waals surface area (Å²) in [5, 5.41) is 11.2. The quantitative estimate of drug-likeness (QED) is 0.178. The van der Waals surface area contributed by atoms with Gasteiger partial charge in [-0.2, -0.15) is 0 Å². The van der Waals surface area contributed by atoms with Crippen LogP contribution in [0.25, 0.3) is 22.0 Å². The maximum atomic E-state index is 11.6. The number of furan rings is 1. The van der Waals surface area contributed by atoms with E-state index in [1.165, 1.54) is 0 Å². The highest BCUT2D eigenvalue weighted by molar-refractivity contribution is 6.36. The van der Waals surface area contributed by atoms with E-state index in [2.05, 4.69) is 10.6 Å². The number of hydrogen-bond acceptors (Lipinski definition) is 6. The normalized spacial score (nSPS) is 20.4. The lowest BCUT2D eigenvalue weighted by molar-refractivity contribution is -0.0590. The number of aromatic nitrogens is 3. The van der Waals surface area contributed by atoms with Gasteiger partial charge in [-0.25, -0.2) is 14.8 Å². The summed E-state index contributed by atoms with van der Waals surface area (Å²) in [4.78, 5) is 21.4. The first-order valence-corrected chi connectivity index (χ1v) is 15.5. The molecular weight excluding hydrogens is 589 g/mol. The number of imidazole rings is 1. The SMILES string of the molecule is O=C(O)c1ccc2nc(CC3CCC(c4cccc(OCc5ccc(Cl)c6cc(Cl)oc56)n4)CC3)n(CC3CCO3)c2c1. The van der Waals surface area contributed by atoms with Crippen molar-refractivity contribution in [2.24, 2.45) is 5.92 Å². The summed E-state index contributed by atoms with van der Waals surface area (Å²) < 4.78 is 19.6. The summed E-state index contributed by atoms with van der Waals surface area (Å²) >= 11 is 12.4. The fourth-order valence-corrected chi connectivity index (χ4v) is 6.73. The van der Waals surface area contributed by atoms with Gasteiger partial charge in [0.15, 0.2) is 5.22 Å². The van der Waals surface area contributed by atoms with Crippen molar-refractivity contribution in [3.8, 4) is 5.88 Å². The molecule has 1 saturated heterocycles. The van der Waals surface area contributed by atoms with Gasteiger partial charge in [-0.1, -0.05) is 23.7 Å². The summed E-state index contributed by atoms with van der Waals surface area (Å²) in [6, 6.07) is 16.6. The Bertz CT molecular complexity index is 1800. The number of benzene rings is 2. The molecule has 43 heavy (non-hydrogen) atoms. The number of halogens is 2. The van der Waals surface area contributed by atoms with E-state index < -0.39 is 5.97 Å². The Labute approximate surface area is 258 Å². The average molecular weight is 621 g/mol. The number of carboxylic acid groups (broad SMARTS) is 1. The lowest BCUT2D eigenvalue weighted by atomic mass is 9.79. The van der Waals surface area contributed by atoms with Crippen molar-refractivity contribution in [3.63, 3.8) is 0 Å². The molecule has 1 unspecified atom stereocenters. The summed E-state index contributed by atoms with van der Waals surface area (Å²) in [5.74, 6) is 1.53. The third kappa shape index (κ3) is 5.84. The van der Waals surface area contributed by atoms with E-state index in [4.69, 9.17) is 47.1 Å². The third-order valence-electron chi connectivity index (χ3n) is 8.79. The van der Waals surface area contributed by atoms with Crippen LogP contribution < -0.4 is 4.74 Å². The zero-order chi connectivity index (χ0) is 29.5. The second kappa shape index (κ2) is 11.8. The monoisotopic (exact) mass is 619 g/mol. The number of carboxylic acids is 1. The van der Waals surface area contributed by atoms with Crippen LogP contribution in [0.1, 0.15) is 65.5 Å². The van der Waals surface area contributed by atoms with Crippen LogP contribution in [0.4, 0.5) is 0 Å². The van der Waals surface area contributed by atoms with Gasteiger partial charge in [0.05, 0.1) is 34.3 Å². The summed E-state index contributed by atoms with van der Waals surface area (Å²) in [6.07, 6.45) is 6.26. The average Bonchev–Trinajstić information content (AvgIpc) is 3.55. The van der Waals surface area contributed by atoms with Crippen molar-refractivity contribution in [3.05, 3.63) is 87.5 Å². The van der Waals surface area contributed by atoms with E-state index in [9.17, 15) is 9.90 Å². The predicted octanol–water partition coefficient (Wildman–Crippen LogP) is 8.07. The number of hydrogen-bond donors (Lipinski definition) is 1. The van der Waals surface area contributed by atoms with Crippen molar-refractivity contribution in [2.75, 3.05) is 6.61 Å². The number of aromatic carboxylic acids is 1. The Hall–Kier alpha value is -3.59. The van der Waals surface area contributed by atoms with Gasteiger partial charge in [-0.15, -0.1) is 0 Å². The van der Waals surface area contributed by atoms with E-state index in [-0.39, 0.29) is 16.9 Å². The maximum Gasteiger partial charge on any atom is 0.335 e. The Morgan fingerprint density at radius 1 is 1.02 bits per heavy atom. The van der Waals surface area contributed by atoms with Gasteiger partial charge in [0.2, 0.25) is 5.88 Å². The predicted molar refractivity (Wildman–Crippen MR) is 164 cm³/mol. The topological polar surface area (TPSA) is 99.6 Å². The van der Waals surface area contributed by atoms with Gasteiger partial charge >= 0.3 is 5.97 Å². The number of nitrogens with zero attached hydrogens (tertiary/aromatic N) is 3. The van der Waals surface area contributed by atoms with Crippen LogP contribution in [0.3, 0.4) is 0 Å². The van der Waals surface area contributed by atoms with Crippen LogP contribution >= 0.6 is 23.2 Å². The van der Waals surface area contributed by atoms with Crippen LogP contribution in [0.5, 0.6) is 5.88 Å². The highest BCUT2D eigenvalue weighted by atomic mass is 35.5. The maximum absolute atomic E-state index is 11.6. The first kappa shape index (κ1) is 28.2. The van der Waals surface area contributed by atoms with E-state index in [0.29, 0.717) is 41.5 Å². The van der Waals surface area contributed by atoms with Gasteiger partial charge in [-0.3, -0.25) is 0 Å². The fraction of sp³-hybridized carbons (Fsp3) is 0.364. The van der Waals surface area contributed by atoms with Crippen molar-refractivity contribution < 1.29 is 23.8 Å². The van der Waals surface area contributed by atoms with Crippen molar-refractivity contribution in [1.82, 2.24) is 14.5 Å². The van der Waals surface area contributed by atoms with E-state index in [0.717, 1.165) is 78.6 Å². The molecule has 1 saturated carbocycles. The standard InChI is InChI=1S/C33H31Cl2N3O5/c34-25-10-8-22(32-24(25)16-29(35)43-32)18-42-31-3-1-2-26(37-31)20-6-4-19(5-7-20)14-30-36-27-11-9-21(33(39)40)15-28(27)38(30)17-23-12-13-41-23/h1-3,8-11,15-16,19-20,23H,4-7,12-14,17-18H2,(H,39,40). The van der Waals surface area contributed by atoms with Gasteiger partial charge in [0, 0.05) is 47.7 Å². The van der Waals surface area contributed by atoms with Crippen LogP contribution in [0.2, 0.25) is 10.2 Å². The van der Waals surface area contributed by atoms with Crippen LogP contribution in [-0.2, 0) is 24.3 Å². The minimum Gasteiger partial charge on any atom is -0.478 e.